The number of rotatable bonds is 7. The first kappa shape index (κ1) is 25.0. The number of ether oxygens (including phenoxy) is 1. The summed E-state index contributed by atoms with van der Waals surface area (Å²) in [5.41, 5.74) is 2.24. The average molecular weight is 530 g/mol. The number of carbonyl (C=O) groups excluding carboxylic acids is 2. The number of allylic oxidation sites excluding steroid dienone is 2. The van der Waals surface area contributed by atoms with Crippen LogP contribution in [0.15, 0.2) is 107 Å². The van der Waals surface area contributed by atoms with Crippen molar-refractivity contribution in [2.24, 2.45) is 0 Å². The largest absolute Gasteiger partial charge is 0.492 e. The number of urea groups is 1. The molecule has 2 atom stereocenters. The Morgan fingerprint density at radius 1 is 0.973 bits per heavy atom. The van der Waals surface area contributed by atoms with Crippen LogP contribution in [0.5, 0.6) is 5.75 Å². The maximum atomic E-state index is 13.5. The second kappa shape index (κ2) is 11.6. The summed E-state index contributed by atoms with van der Waals surface area (Å²) in [6, 6.07) is 22.7. The van der Waals surface area contributed by atoms with Gasteiger partial charge >= 0.3 is 6.03 Å². The molecule has 1 aliphatic carbocycles. The number of hydrogen-bond acceptors (Lipinski definition) is 5. The Balaban J connectivity index is 1.25. The molecule has 3 amide bonds. The number of nitrogens with one attached hydrogen (secondary N) is 2. The normalized spacial score (nSPS) is 17.5. The number of hydrogen-bond donors (Lipinski definition) is 2. The number of benzene rings is 3. The topological polar surface area (TPSA) is 70.7 Å². The van der Waals surface area contributed by atoms with Crippen LogP contribution < -0.4 is 20.3 Å². The van der Waals surface area contributed by atoms with Gasteiger partial charge in [0.15, 0.2) is 0 Å². The van der Waals surface area contributed by atoms with Crippen LogP contribution in [0.3, 0.4) is 0 Å². The number of anilines is 3. The molecule has 188 valence electrons. The van der Waals surface area contributed by atoms with Crippen LogP contribution in [-0.4, -0.2) is 35.6 Å². The van der Waals surface area contributed by atoms with Gasteiger partial charge in [-0.3, -0.25) is 9.69 Å². The third-order valence-corrected chi connectivity index (χ3v) is 8.18. The number of carbonyl (C=O) groups is 2. The number of nitrogens with zero attached hydrogens (tertiary/aromatic N) is 1. The minimum Gasteiger partial charge on any atom is -0.492 e. The second-order valence-corrected chi connectivity index (χ2v) is 10.7. The van der Waals surface area contributed by atoms with E-state index in [1.165, 1.54) is 11.8 Å². The molecule has 1 aliphatic heterocycles. The zero-order valence-electron chi connectivity index (χ0n) is 20.3. The molecule has 3 aromatic carbocycles. The van der Waals surface area contributed by atoms with Crippen molar-refractivity contribution >= 4 is 52.5 Å². The van der Waals surface area contributed by atoms with Gasteiger partial charge in [0, 0.05) is 15.5 Å². The summed E-state index contributed by atoms with van der Waals surface area (Å²) in [7, 11) is 0. The Bertz CT molecular complexity index is 1360. The molecule has 2 N–H and O–H groups in total. The van der Waals surface area contributed by atoms with Crippen LogP contribution in [-0.2, 0) is 4.79 Å². The van der Waals surface area contributed by atoms with Crippen molar-refractivity contribution in [2.45, 2.75) is 28.0 Å². The van der Waals surface area contributed by atoms with Crippen molar-refractivity contribution in [3.63, 3.8) is 0 Å². The molecule has 2 aliphatic rings. The van der Waals surface area contributed by atoms with Crippen molar-refractivity contribution in [3.05, 3.63) is 97.1 Å². The van der Waals surface area contributed by atoms with Gasteiger partial charge in [-0.1, -0.05) is 54.6 Å². The van der Waals surface area contributed by atoms with Gasteiger partial charge in [0.25, 0.3) is 0 Å². The zero-order chi connectivity index (χ0) is 25.6. The molecule has 0 aromatic heterocycles. The van der Waals surface area contributed by atoms with Gasteiger partial charge in [-0.25, -0.2) is 4.79 Å². The van der Waals surface area contributed by atoms with E-state index in [0.29, 0.717) is 23.7 Å². The Morgan fingerprint density at radius 3 is 2.68 bits per heavy atom. The highest BCUT2D eigenvalue weighted by Gasteiger charge is 2.36. The van der Waals surface area contributed by atoms with Gasteiger partial charge in [0.2, 0.25) is 5.91 Å². The molecule has 0 saturated heterocycles. The number of thioether (sulfide) groups is 2. The lowest BCUT2D eigenvalue weighted by molar-refractivity contribution is -0.113. The van der Waals surface area contributed by atoms with E-state index in [-0.39, 0.29) is 29.0 Å². The zero-order valence-corrected chi connectivity index (χ0v) is 21.9. The summed E-state index contributed by atoms with van der Waals surface area (Å²) in [5, 5.41) is 6.15. The van der Waals surface area contributed by atoms with Crippen molar-refractivity contribution in [1.82, 2.24) is 0 Å². The predicted molar refractivity (Wildman–Crippen MR) is 153 cm³/mol. The summed E-state index contributed by atoms with van der Waals surface area (Å²) in [6.07, 6.45) is 8.23. The standard InChI is InChI=1S/C29H27N3O3S2/c1-2-35-25-15-6-3-12-22(25)31-28(33)19-36-21-11-9-10-20(18-21)30-29(34)32-23-13-4-7-16-26(23)37-27-17-8-5-14-24(27)32/h3-18,23,26H,2,19H2,1H3,(H,30,34)(H,31,33). The third kappa shape index (κ3) is 5.87. The van der Waals surface area contributed by atoms with Crippen LogP contribution in [0.25, 0.3) is 0 Å². The maximum Gasteiger partial charge on any atom is 0.326 e. The molecule has 5 rings (SSSR count). The smallest absolute Gasteiger partial charge is 0.326 e. The van der Waals surface area contributed by atoms with Crippen molar-refractivity contribution in [2.75, 3.05) is 27.9 Å². The summed E-state index contributed by atoms with van der Waals surface area (Å²) < 4.78 is 5.58. The van der Waals surface area contributed by atoms with Crippen molar-refractivity contribution in [3.8, 4) is 5.75 Å². The second-order valence-electron chi connectivity index (χ2n) is 8.40. The Kier molecular flexibility index (Phi) is 7.87. The lowest BCUT2D eigenvalue weighted by atomic mass is 10.1. The first-order valence-corrected chi connectivity index (χ1v) is 13.9. The van der Waals surface area contributed by atoms with Crippen LogP contribution in [0.1, 0.15) is 6.92 Å². The van der Waals surface area contributed by atoms with Gasteiger partial charge in [-0.2, -0.15) is 0 Å². The van der Waals surface area contributed by atoms with Crippen LogP contribution in [0.4, 0.5) is 21.9 Å². The van der Waals surface area contributed by atoms with Gasteiger partial charge in [0.1, 0.15) is 5.75 Å². The number of amides is 3. The van der Waals surface area contributed by atoms with Crippen LogP contribution >= 0.6 is 23.5 Å². The first-order valence-electron chi connectivity index (χ1n) is 12.1. The average Bonchev–Trinajstić information content (AvgIpc) is 2.92. The Hall–Kier alpha value is -3.62. The molecular weight excluding hydrogens is 502 g/mol. The molecule has 0 radical (unpaired) electrons. The summed E-state index contributed by atoms with van der Waals surface area (Å²) >= 11 is 3.18. The molecule has 1 heterocycles. The van der Waals surface area contributed by atoms with Crippen molar-refractivity contribution < 1.29 is 14.3 Å². The highest BCUT2D eigenvalue weighted by molar-refractivity contribution is 8.00. The highest BCUT2D eigenvalue weighted by Crippen LogP contribution is 2.43. The van der Waals surface area contributed by atoms with E-state index < -0.39 is 0 Å². The quantitative estimate of drug-likeness (QED) is 0.329. The fraction of sp³-hybridized carbons (Fsp3) is 0.172. The predicted octanol–water partition coefficient (Wildman–Crippen LogP) is 6.82. The summed E-state index contributed by atoms with van der Waals surface area (Å²) in [4.78, 5) is 29.9. The molecule has 8 heteroatoms. The highest BCUT2D eigenvalue weighted by atomic mass is 32.2. The van der Waals surface area contributed by atoms with Crippen LogP contribution in [0.2, 0.25) is 0 Å². The monoisotopic (exact) mass is 529 g/mol. The number of para-hydroxylation sites is 3. The summed E-state index contributed by atoms with van der Waals surface area (Å²) in [6.45, 7) is 2.43. The lowest BCUT2D eigenvalue weighted by Gasteiger charge is -2.40. The van der Waals surface area contributed by atoms with E-state index in [1.54, 1.807) is 11.8 Å². The van der Waals surface area contributed by atoms with Crippen molar-refractivity contribution in [1.29, 1.82) is 0 Å². The van der Waals surface area contributed by atoms with E-state index in [4.69, 9.17) is 4.74 Å². The fourth-order valence-electron chi connectivity index (χ4n) is 4.26. The van der Waals surface area contributed by atoms with E-state index in [9.17, 15) is 9.59 Å². The SMILES string of the molecule is CCOc1ccccc1NC(=O)CSc1cccc(NC(=O)N2c3ccccc3SC3C=CC=CC32)c1. The van der Waals surface area contributed by atoms with Gasteiger partial charge < -0.3 is 15.4 Å². The Labute approximate surface area is 225 Å². The minimum absolute atomic E-state index is 0.0641. The molecular formula is C29H27N3O3S2. The molecule has 3 aromatic rings. The molecule has 0 saturated carbocycles. The molecule has 0 spiro atoms. The molecule has 6 nitrogen and oxygen atoms in total. The Morgan fingerprint density at radius 2 is 1.78 bits per heavy atom. The molecule has 0 bridgehead atoms. The number of fused-ring (bicyclic) bond motifs is 2. The van der Waals surface area contributed by atoms with E-state index >= 15 is 0 Å². The lowest BCUT2D eigenvalue weighted by Crippen LogP contribution is -2.49. The van der Waals surface area contributed by atoms with E-state index in [0.717, 1.165) is 15.5 Å². The maximum absolute atomic E-state index is 13.5. The molecule has 37 heavy (non-hydrogen) atoms. The van der Waals surface area contributed by atoms with Gasteiger partial charge in [-0.15, -0.1) is 23.5 Å². The molecule has 0 fully saturated rings. The molecule has 2 unspecified atom stereocenters. The first-order chi connectivity index (χ1) is 18.1. The van der Waals surface area contributed by atoms with Gasteiger partial charge in [0.05, 0.1) is 35.0 Å². The van der Waals surface area contributed by atoms with Crippen LogP contribution in [0, 0.1) is 0 Å². The van der Waals surface area contributed by atoms with E-state index in [1.807, 2.05) is 90.7 Å². The van der Waals surface area contributed by atoms with Gasteiger partial charge in [-0.05, 0) is 49.4 Å². The minimum atomic E-state index is -0.185. The summed E-state index contributed by atoms with van der Waals surface area (Å²) in [5.74, 6) is 0.753. The third-order valence-electron chi connectivity index (χ3n) is 5.88. The fourth-order valence-corrected chi connectivity index (χ4v) is 6.27. The van der Waals surface area contributed by atoms with E-state index in [2.05, 4.69) is 28.9 Å².